The number of ether oxygens (including phenoxy) is 2. The summed E-state index contributed by atoms with van der Waals surface area (Å²) in [5.74, 6) is 0.890. The first kappa shape index (κ1) is 23.3. The van der Waals surface area contributed by atoms with Gasteiger partial charge in [-0.25, -0.2) is 0 Å². The zero-order chi connectivity index (χ0) is 25.1. The average Bonchev–Trinajstić information content (AvgIpc) is 3.30. The molecule has 1 saturated heterocycles. The van der Waals surface area contributed by atoms with Crippen molar-refractivity contribution in [2.24, 2.45) is 0 Å². The number of carbonyl (C=O) groups excluding carboxylic acids is 2. The second-order valence-electron chi connectivity index (χ2n) is 8.44. The van der Waals surface area contributed by atoms with Crippen LogP contribution in [-0.4, -0.2) is 57.1 Å². The molecule has 184 valence electrons. The molecule has 0 spiro atoms. The first-order valence-corrected chi connectivity index (χ1v) is 11.7. The molecule has 36 heavy (non-hydrogen) atoms. The number of hydrogen-bond acceptors (Lipinski definition) is 6. The van der Waals surface area contributed by atoms with Crippen molar-refractivity contribution in [2.75, 3.05) is 50.6 Å². The van der Waals surface area contributed by atoms with E-state index in [0.717, 1.165) is 11.4 Å². The van der Waals surface area contributed by atoms with Crippen molar-refractivity contribution in [3.05, 3.63) is 84.1 Å². The molecule has 0 saturated carbocycles. The predicted molar refractivity (Wildman–Crippen MR) is 138 cm³/mol. The first-order chi connectivity index (χ1) is 17.6. The number of carbonyl (C=O) groups is 2. The Hall–Kier alpha value is -4.46. The number of nitrogens with zero attached hydrogens (tertiary/aromatic N) is 2. The van der Waals surface area contributed by atoms with Crippen LogP contribution in [-0.2, 0) is 0 Å². The van der Waals surface area contributed by atoms with Gasteiger partial charge in [0.15, 0.2) is 0 Å². The second kappa shape index (κ2) is 10.0. The molecule has 4 aromatic rings. The van der Waals surface area contributed by atoms with E-state index in [2.05, 4.69) is 10.2 Å². The van der Waals surface area contributed by atoms with Gasteiger partial charge in [-0.2, -0.15) is 0 Å². The number of hydrogen-bond donors (Lipinski definition) is 1. The summed E-state index contributed by atoms with van der Waals surface area (Å²) in [7, 11) is 3.20. The van der Waals surface area contributed by atoms with Crippen LogP contribution in [0.5, 0.6) is 11.5 Å². The highest BCUT2D eigenvalue weighted by molar-refractivity contribution is 6.14. The number of rotatable bonds is 6. The van der Waals surface area contributed by atoms with E-state index in [0.29, 0.717) is 54.1 Å². The number of benzene rings is 3. The van der Waals surface area contributed by atoms with Crippen molar-refractivity contribution < 1.29 is 23.5 Å². The van der Waals surface area contributed by atoms with Crippen LogP contribution in [0.15, 0.2) is 77.2 Å². The highest BCUT2D eigenvalue weighted by Crippen LogP contribution is 2.33. The fourth-order valence-electron chi connectivity index (χ4n) is 4.46. The molecule has 0 atom stereocenters. The third-order valence-corrected chi connectivity index (χ3v) is 6.35. The molecular weight excluding hydrogens is 458 g/mol. The lowest BCUT2D eigenvalue weighted by Gasteiger charge is -2.36. The summed E-state index contributed by atoms with van der Waals surface area (Å²) in [4.78, 5) is 30.6. The average molecular weight is 486 g/mol. The Morgan fingerprint density at radius 2 is 1.61 bits per heavy atom. The molecule has 1 aliphatic heterocycles. The van der Waals surface area contributed by atoms with Crippen LogP contribution >= 0.6 is 0 Å². The van der Waals surface area contributed by atoms with E-state index in [9.17, 15) is 9.59 Å². The standard InChI is InChI=1S/C28H27N3O5/c1-34-20-9-7-8-19(18-20)27(32)29-25-21-10-3-5-12-23(21)36-26(25)28(33)31-16-14-30(15-17-31)22-11-4-6-13-24(22)35-2/h3-13,18H,14-17H2,1-2H3,(H,29,32). The summed E-state index contributed by atoms with van der Waals surface area (Å²) < 4.78 is 16.7. The zero-order valence-corrected chi connectivity index (χ0v) is 20.2. The molecule has 8 heteroatoms. The Morgan fingerprint density at radius 1 is 0.861 bits per heavy atom. The minimum Gasteiger partial charge on any atom is -0.497 e. The molecule has 2 amide bonds. The summed E-state index contributed by atoms with van der Waals surface area (Å²) in [5, 5.41) is 3.58. The Morgan fingerprint density at radius 3 is 2.39 bits per heavy atom. The van der Waals surface area contributed by atoms with Gasteiger partial charge in [0.1, 0.15) is 22.8 Å². The minimum absolute atomic E-state index is 0.123. The smallest absolute Gasteiger partial charge is 0.291 e. The largest absolute Gasteiger partial charge is 0.497 e. The van der Waals surface area contributed by atoms with Crippen molar-refractivity contribution in [3.63, 3.8) is 0 Å². The molecule has 2 heterocycles. The van der Waals surface area contributed by atoms with E-state index in [1.165, 1.54) is 0 Å². The van der Waals surface area contributed by atoms with Gasteiger partial charge in [0.25, 0.3) is 11.8 Å². The van der Waals surface area contributed by atoms with Gasteiger partial charge >= 0.3 is 0 Å². The summed E-state index contributed by atoms with van der Waals surface area (Å²) in [6.07, 6.45) is 0. The molecule has 0 unspecified atom stereocenters. The van der Waals surface area contributed by atoms with Gasteiger partial charge in [0.05, 0.1) is 19.9 Å². The minimum atomic E-state index is -0.351. The molecule has 1 aromatic heterocycles. The van der Waals surface area contributed by atoms with Gasteiger partial charge in [0.2, 0.25) is 5.76 Å². The summed E-state index contributed by atoms with van der Waals surface area (Å²) in [6.45, 7) is 2.32. The second-order valence-corrected chi connectivity index (χ2v) is 8.44. The number of anilines is 2. The van der Waals surface area contributed by atoms with Crippen molar-refractivity contribution in [1.29, 1.82) is 0 Å². The Labute approximate surface area is 209 Å². The van der Waals surface area contributed by atoms with Gasteiger partial charge < -0.3 is 29.0 Å². The van der Waals surface area contributed by atoms with Gasteiger partial charge in [-0.3, -0.25) is 9.59 Å². The number of furan rings is 1. The number of nitrogens with one attached hydrogen (secondary N) is 1. The van der Waals surface area contributed by atoms with E-state index in [-0.39, 0.29) is 17.6 Å². The Bertz CT molecular complexity index is 1410. The predicted octanol–water partition coefficient (Wildman–Crippen LogP) is 4.66. The topological polar surface area (TPSA) is 84.2 Å². The van der Waals surface area contributed by atoms with Crippen LogP contribution in [0.25, 0.3) is 11.0 Å². The maximum atomic E-state index is 13.6. The van der Waals surface area contributed by atoms with Gasteiger partial charge in [-0.05, 0) is 42.5 Å². The Kier molecular flexibility index (Phi) is 6.49. The van der Waals surface area contributed by atoms with Gasteiger partial charge in [-0.1, -0.05) is 30.3 Å². The quantitative estimate of drug-likeness (QED) is 0.428. The third kappa shape index (κ3) is 4.45. The molecule has 0 radical (unpaired) electrons. The van der Waals surface area contributed by atoms with Crippen LogP contribution < -0.4 is 19.7 Å². The van der Waals surface area contributed by atoms with Crippen LogP contribution in [0.4, 0.5) is 11.4 Å². The lowest BCUT2D eigenvalue weighted by molar-refractivity contribution is 0.0718. The zero-order valence-electron chi connectivity index (χ0n) is 20.2. The van der Waals surface area contributed by atoms with E-state index in [1.54, 1.807) is 49.5 Å². The van der Waals surface area contributed by atoms with E-state index >= 15 is 0 Å². The fourth-order valence-corrected chi connectivity index (χ4v) is 4.46. The summed E-state index contributed by atoms with van der Waals surface area (Å²) >= 11 is 0. The summed E-state index contributed by atoms with van der Waals surface area (Å²) in [5.41, 5.74) is 2.33. The lowest BCUT2D eigenvalue weighted by atomic mass is 10.1. The van der Waals surface area contributed by atoms with E-state index < -0.39 is 0 Å². The number of fused-ring (bicyclic) bond motifs is 1. The SMILES string of the molecule is COc1cccc(C(=O)Nc2c(C(=O)N3CCN(c4ccccc4OC)CC3)oc3ccccc23)c1. The fraction of sp³-hybridized carbons (Fsp3) is 0.214. The molecular formula is C28H27N3O5. The molecule has 5 rings (SSSR count). The molecule has 8 nitrogen and oxygen atoms in total. The number of piperazine rings is 1. The van der Waals surface area contributed by atoms with E-state index in [1.807, 2.05) is 42.5 Å². The molecule has 0 aliphatic carbocycles. The number of amides is 2. The lowest BCUT2D eigenvalue weighted by Crippen LogP contribution is -2.49. The molecule has 1 fully saturated rings. The van der Waals surface area contributed by atoms with Crippen LogP contribution in [0.1, 0.15) is 20.9 Å². The maximum absolute atomic E-state index is 13.6. The normalized spacial score (nSPS) is 13.5. The molecule has 1 aliphatic rings. The first-order valence-electron chi connectivity index (χ1n) is 11.7. The monoisotopic (exact) mass is 485 g/mol. The van der Waals surface area contributed by atoms with Crippen LogP contribution in [0.3, 0.4) is 0 Å². The van der Waals surface area contributed by atoms with E-state index in [4.69, 9.17) is 13.9 Å². The van der Waals surface area contributed by atoms with Crippen LogP contribution in [0, 0.1) is 0 Å². The van der Waals surface area contributed by atoms with Crippen LogP contribution in [0.2, 0.25) is 0 Å². The van der Waals surface area contributed by atoms with Crippen molar-refractivity contribution in [2.45, 2.75) is 0 Å². The highest BCUT2D eigenvalue weighted by Gasteiger charge is 2.29. The van der Waals surface area contributed by atoms with Crippen molar-refractivity contribution >= 4 is 34.2 Å². The third-order valence-electron chi connectivity index (χ3n) is 6.35. The molecule has 3 aromatic carbocycles. The van der Waals surface area contributed by atoms with Crippen molar-refractivity contribution in [3.8, 4) is 11.5 Å². The number of para-hydroxylation sites is 3. The maximum Gasteiger partial charge on any atom is 0.291 e. The number of methoxy groups -OCH3 is 2. The van der Waals surface area contributed by atoms with Gasteiger partial charge in [-0.15, -0.1) is 0 Å². The molecule has 0 bridgehead atoms. The molecule has 1 N–H and O–H groups in total. The van der Waals surface area contributed by atoms with Crippen molar-refractivity contribution in [1.82, 2.24) is 4.90 Å². The summed E-state index contributed by atoms with van der Waals surface area (Å²) in [6, 6.07) is 22.0. The highest BCUT2D eigenvalue weighted by atomic mass is 16.5. The Balaban J connectivity index is 1.38. The van der Waals surface area contributed by atoms with Gasteiger partial charge in [0, 0.05) is 37.1 Å².